The summed E-state index contributed by atoms with van der Waals surface area (Å²) in [5.74, 6) is 0.512. The van der Waals surface area contributed by atoms with E-state index in [1.807, 2.05) is 60.7 Å². The lowest BCUT2D eigenvalue weighted by Crippen LogP contribution is -2.36. The highest BCUT2D eigenvalue weighted by Crippen LogP contribution is 2.25. The second-order valence-electron chi connectivity index (χ2n) is 6.12. The van der Waals surface area contributed by atoms with Gasteiger partial charge in [0.2, 0.25) is 17.3 Å². The molecule has 2 aromatic heterocycles. The zero-order valence-corrected chi connectivity index (χ0v) is 15.3. The molecule has 8 heteroatoms. The van der Waals surface area contributed by atoms with Crippen molar-refractivity contribution < 1.29 is 9.32 Å². The molecule has 2 amide bonds. The van der Waals surface area contributed by atoms with Gasteiger partial charge in [-0.2, -0.15) is 4.98 Å². The Hall–Kier alpha value is -4.20. The summed E-state index contributed by atoms with van der Waals surface area (Å²) >= 11 is 0. The average molecular weight is 387 g/mol. The molecule has 0 saturated carbocycles. The number of amides is 2. The van der Waals surface area contributed by atoms with E-state index in [1.54, 1.807) is 11.0 Å². The number of carbonyl (C=O) groups is 1. The molecule has 4 rings (SSSR count). The van der Waals surface area contributed by atoms with Crippen LogP contribution < -0.4 is 15.8 Å². The Morgan fingerprint density at radius 3 is 2.28 bits per heavy atom. The number of aromatic nitrogens is 3. The number of pyridine rings is 1. The summed E-state index contributed by atoms with van der Waals surface area (Å²) in [4.78, 5) is 32.7. The lowest BCUT2D eigenvalue weighted by Gasteiger charge is -2.23. The molecule has 0 radical (unpaired) electrons. The number of hydrogen-bond donors (Lipinski definition) is 2. The maximum absolute atomic E-state index is 12.9. The number of para-hydroxylation sites is 2. The number of urea groups is 1. The molecule has 0 aliphatic heterocycles. The van der Waals surface area contributed by atoms with Gasteiger partial charge in [-0.3, -0.25) is 9.69 Å². The number of rotatable bonds is 5. The Balaban J connectivity index is 1.51. The van der Waals surface area contributed by atoms with Crippen LogP contribution in [0.3, 0.4) is 0 Å². The molecular weight excluding hydrogens is 370 g/mol. The van der Waals surface area contributed by atoms with Gasteiger partial charge >= 0.3 is 6.03 Å². The molecular formula is C21H17N5O3. The van der Waals surface area contributed by atoms with Crippen molar-refractivity contribution in [3.8, 4) is 11.4 Å². The van der Waals surface area contributed by atoms with E-state index in [-0.39, 0.29) is 29.9 Å². The van der Waals surface area contributed by atoms with Gasteiger partial charge in [0.15, 0.2) is 0 Å². The van der Waals surface area contributed by atoms with Crippen molar-refractivity contribution in [2.75, 3.05) is 4.90 Å². The molecule has 29 heavy (non-hydrogen) atoms. The molecule has 0 atom stereocenters. The molecule has 0 unspecified atom stereocenters. The second-order valence-corrected chi connectivity index (χ2v) is 6.12. The van der Waals surface area contributed by atoms with Gasteiger partial charge in [-0.05, 0) is 30.3 Å². The lowest BCUT2D eigenvalue weighted by molar-refractivity contribution is 0.246. The number of carbonyl (C=O) groups excluding carboxylic acids is 1. The predicted octanol–water partition coefficient (Wildman–Crippen LogP) is 3.47. The summed E-state index contributed by atoms with van der Waals surface area (Å²) < 4.78 is 5.19. The van der Waals surface area contributed by atoms with E-state index >= 15 is 0 Å². The molecule has 2 heterocycles. The highest BCUT2D eigenvalue weighted by Gasteiger charge is 2.18. The number of anilines is 2. The standard InChI is InChI=1S/C21H17N5O3/c27-18-13-15(11-12-22-18)20-24-19(29-25-20)14-23-21(28)26(16-7-3-1-4-8-16)17-9-5-2-6-10-17/h1-13H,14H2,(H,22,27)(H,23,28). The van der Waals surface area contributed by atoms with Crippen LogP contribution in [-0.2, 0) is 6.54 Å². The first-order valence-electron chi connectivity index (χ1n) is 8.90. The lowest BCUT2D eigenvalue weighted by atomic mass is 10.2. The van der Waals surface area contributed by atoms with Gasteiger partial charge in [-0.25, -0.2) is 4.79 Å². The summed E-state index contributed by atoms with van der Waals surface area (Å²) in [6.07, 6.45) is 1.51. The van der Waals surface area contributed by atoms with Crippen LogP contribution in [0.5, 0.6) is 0 Å². The van der Waals surface area contributed by atoms with Crippen LogP contribution in [0.25, 0.3) is 11.4 Å². The second kappa shape index (κ2) is 8.22. The van der Waals surface area contributed by atoms with E-state index in [9.17, 15) is 9.59 Å². The third-order valence-electron chi connectivity index (χ3n) is 4.12. The SMILES string of the molecule is O=C(NCc1nc(-c2cc[nH]c(=O)c2)no1)N(c1ccccc1)c1ccccc1. The van der Waals surface area contributed by atoms with E-state index in [0.29, 0.717) is 5.56 Å². The fraction of sp³-hybridized carbons (Fsp3) is 0.0476. The zero-order valence-electron chi connectivity index (χ0n) is 15.3. The number of aromatic amines is 1. The van der Waals surface area contributed by atoms with Crippen molar-refractivity contribution >= 4 is 17.4 Å². The minimum Gasteiger partial charge on any atom is -0.337 e. The Morgan fingerprint density at radius 1 is 1.00 bits per heavy atom. The zero-order chi connectivity index (χ0) is 20.1. The molecule has 2 N–H and O–H groups in total. The molecule has 8 nitrogen and oxygen atoms in total. The van der Waals surface area contributed by atoms with Crippen molar-refractivity contribution in [1.82, 2.24) is 20.4 Å². The first kappa shape index (κ1) is 18.2. The number of benzene rings is 2. The average Bonchev–Trinajstić information content (AvgIpc) is 3.23. The van der Waals surface area contributed by atoms with Crippen LogP contribution in [0.4, 0.5) is 16.2 Å². The molecule has 0 saturated heterocycles. The first-order valence-corrected chi connectivity index (χ1v) is 8.90. The molecule has 2 aromatic carbocycles. The quantitative estimate of drug-likeness (QED) is 0.546. The fourth-order valence-electron chi connectivity index (χ4n) is 2.80. The summed E-state index contributed by atoms with van der Waals surface area (Å²) in [7, 11) is 0. The normalized spacial score (nSPS) is 10.5. The van der Waals surface area contributed by atoms with E-state index in [4.69, 9.17) is 4.52 Å². The van der Waals surface area contributed by atoms with Crippen LogP contribution in [0.1, 0.15) is 5.89 Å². The van der Waals surface area contributed by atoms with Gasteiger partial charge in [-0.1, -0.05) is 41.6 Å². The minimum absolute atomic E-state index is 0.0468. The molecule has 0 spiro atoms. The largest absolute Gasteiger partial charge is 0.337 e. The van der Waals surface area contributed by atoms with Crippen LogP contribution in [0.15, 0.2) is 88.3 Å². The Labute approximate surface area is 165 Å². The molecule has 144 valence electrons. The first-order chi connectivity index (χ1) is 14.2. The van der Waals surface area contributed by atoms with Gasteiger partial charge in [0.25, 0.3) is 0 Å². The van der Waals surface area contributed by atoms with Gasteiger partial charge in [0.1, 0.15) is 0 Å². The van der Waals surface area contributed by atoms with Crippen molar-refractivity contribution in [2.45, 2.75) is 6.54 Å². The van der Waals surface area contributed by atoms with Crippen LogP contribution >= 0.6 is 0 Å². The summed E-state index contributed by atoms with van der Waals surface area (Å²) in [5.41, 5.74) is 1.73. The third-order valence-corrected chi connectivity index (χ3v) is 4.12. The predicted molar refractivity (Wildman–Crippen MR) is 108 cm³/mol. The van der Waals surface area contributed by atoms with Crippen molar-refractivity contribution in [2.24, 2.45) is 0 Å². The molecule has 0 bridgehead atoms. The minimum atomic E-state index is -0.335. The van der Waals surface area contributed by atoms with E-state index in [2.05, 4.69) is 20.4 Å². The summed E-state index contributed by atoms with van der Waals surface area (Å²) in [6.45, 7) is 0.0468. The number of hydrogen-bond acceptors (Lipinski definition) is 5. The maximum atomic E-state index is 12.9. The molecule has 4 aromatic rings. The molecule has 0 fully saturated rings. The van der Waals surface area contributed by atoms with Crippen LogP contribution in [-0.4, -0.2) is 21.2 Å². The highest BCUT2D eigenvalue weighted by atomic mass is 16.5. The summed E-state index contributed by atoms with van der Waals surface area (Å²) in [6, 6.07) is 21.4. The third kappa shape index (κ3) is 4.22. The Kier molecular flexibility index (Phi) is 5.15. The smallest absolute Gasteiger partial charge is 0.326 e. The topological polar surface area (TPSA) is 104 Å². The highest BCUT2D eigenvalue weighted by molar-refractivity contribution is 5.99. The van der Waals surface area contributed by atoms with E-state index in [1.165, 1.54) is 12.3 Å². The number of nitrogens with one attached hydrogen (secondary N) is 2. The van der Waals surface area contributed by atoms with E-state index in [0.717, 1.165) is 11.4 Å². The fourth-order valence-corrected chi connectivity index (χ4v) is 2.80. The van der Waals surface area contributed by atoms with Gasteiger partial charge in [0, 0.05) is 17.8 Å². The van der Waals surface area contributed by atoms with Crippen LogP contribution in [0, 0.1) is 0 Å². The van der Waals surface area contributed by atoms with E-state index < -0.39 is 0 Å². The Morgan fingerprint density at radius 2 is 1.66 bits per heavy atom. The van der Waals surface area contributed by atoms with Gasteiger partial charge in [0.05, 0.1) is 17.9 Å². The monoisotopic (exact) mass is 387 g/mol. The maximum Gasteiger partial charge on any atom is 0.326 e. The Bertz CT molecular complexity index is 1120. The van der Waals surface area contributed by atoms with Crippen LogP contribution in [0.2, 0.25) is 0 Å². The molecule has 0 aliphatic rings. The van der Waals surface area contributed by atoms with Gasteiger partial charge in [-0.15, -0.1) is 0 Å². The van der Waals surface area contributed by atoms with Crippen molar-refractivity contribution in [3.05, 3.63) is 95.2 Å². The number of nitrogens with zero attached hydrogens (tertiary/aromatic N) is 3. The van der Waals surface area contributed by atoms with Crippen molar-refractivity contribution in [1.29, 1.82) is 0 Å². The van der Waals surface area contributed by atoms with Gasteiger partial charge < -0.3 is 14.8 Å². The van der Waals surface area contributed by atoms with Crippen molar-refractivity contribution in [3.63, 3.8) is 0 Å². The number of H-pyrrole nitrogens is 1. The summed E-state index contributed by atoms with van der Waals surface area (Å²) in [5, 5.41) is 6.66. The molecule has 0 aliphatic carbocycles.